The smallest absolute Gasteiger partial charge is 0.221 e. The maximum atomic E-state index is 13.8. The minimum atomic E-state index is -3.63. The lowest BCUT2D eigenvalue weighted by Gasteiger charge is -2.25. The molecule has 2 atom stereocenters. The molecule has 2 unspecified atom stereocenters. The Hall–Kier alpha value is -2.60. The minimum absolute atomic E-state index is 0.0378. The zero-order valence-corrected chi connectivity index (χ0v) is 24.1. The van der Waals surface area contributed by atoms with Gasteiger partial charge >= 0.3 is 0 Å². The zero-order chi connectivity index (χ0) is 29.0. The van der Waals surface area contributed by atoms with Crippen LogP contribution in [0.5, 0.6) is 0 Å². The van der Waals surface area contributed by atoms with Crippen molar-refractivity contribution in [3.8, 4) is 0 Å². The van der Waals surface area contributed by atoms with Gasteiger partial charge in [-0.05, 0) is 54.7 Å². The summed E-state index contributed by atoms with van der Waals surface area (Å²) in [4.78, 5) is 14.8. The second-order valence-corrected chi connectivity index (χ2v) is 12.0. The molecule has 0 aliphatic heterocycles. The molecule has 0 spiro atoms. The van der Waals surface area contributed by atoms with Crippen LogP contribution in [0.4, 0.5) is 14.5 Å². The second kappa shape index (κ2) is 15.9. The number of carbonyl (C=O) groups is 1. The van der Waals surface area contributed by atoms with Crippen molar-refractivity contribution in [2.45, 2.75) is 58.2 Å². The number of hydrogen-bond donors (Lipinski definition) is 3. The number of halogens is 2. The summed E-state index contributed by atoms with van der Waals surface area (Å²) in [6.45, 7) is 5.09. The van der Waals surface area contributed by atoms with Crippen LogP contribution in [-0.4, -0.2) is 75.4 Å². The molecule has 0 bridgehead atoms. The number of carbonyl (C=O) groups excluding carboxylic acids is 1. The Bertz CT molecular complexity index is 1140. The van der Waals surface area contributed by atoms with E-state index in [1.165, 1.54) is 4.31 Å². The summed E-state index contributed by atoms with van der Waals surface area (Å²) in [6.07, 6.45) is -0.112. The molecule has 0 aromatic heterocycles. The van der Waals surface area contributed by atoms with Crippen LogP contribution in [0, 0.1) is 11.6 Å². The van der Waals surface area contributed by atoms with E-state index in [4.69, 9.17) is 0 Å². The normalized spacial score (nSPS) is 13.3. The molecule has 39 heavy (non-hydrogen) atoms. The van der Waals surface area contributed by atoms with Gasteiger partial charge in [0.2, 0.25) is 15.9 Å². The van der Waals surface area contributed by atoms with Crippen LogP contribution in [0.2, 0.25) is 0 Å². The van der Waals surface area contributed by atoms with Gasteiger partial charge in [-0.1, -0.05) is 26.0 Å². The van der Waals surface area contributed by atoms with Gasteiger partial charge < -0.3 is 20.6 Å². The summed E-state index contributed by atoms with van der Waals surface area (Å²) in [5.74, 6) is -2.45. The number of rotatable bonds is 17. The summed E-state index contributed by atoms with van der Waals surface area (Å²) in [5.41, 5.74) is 2.29. The standard InChI is InChI=1S/C28H42F2N4O4S/c1-5-11-34(12-6-2)39(37,38)13-10-28(36)32-26(17-22-14-23(29)18-24(30)15-22)27(35)20-31-19-21-8-7-9-25(16-21)33(3)4/h7-9,14-16,18,26-27,31,35H,5-6,10-13,17,19-20H2,1-4H3,(H,32,36). The second-order valence-electron chi connectivity index (χ2n) is 9.88. The predicted molar refractivity (Wildman–Crippen MR) is 151 cm³/mol. The van der Waals surface area contributed by atoms with E-state index in [1.54, 1.807) is 0 Å². The first kappa shape index (κ1) is 32.6. The minimum Gasteiger partial charge on any atom is -0.390 e. The highest BCUT2D eigenvalue weighted by atomic mass is 32.2. The van der Waals surface area contributed by atoms with E-state index in [-0.39, 0.29) is 30.7 Å². The van der Waals surface area contributed by atoms with Crippen LogP contribution in [0.3, 0.4) is 0 Å². The molecule has 1 amide bonds. The highest BCUT2D eigenvalue weighted by Crippen LogP contribution is 2.15. The largest absolute Gasteiger partial charge is 0.390 e. The molecule has 2 aromatic carbocycles. The fourth-order valence-electron chi connectivity index (χ4n) is 4.24. The molecule has 0 aliphatic carbocycles. The van der Waals surface area contributed by atoms with Crippen molar-refractivity contribution in [2.24, 2.45) is 0 Å². The number of nitrogens with zero attached hydrogens (tertiary/aromatic N) is 2. The fraction of sp³-hybridized carbons (Fsp3) is 0.536. The van der Waals surface area contributed by atoms with Crippen molar-refractivity contribution in [2.75, 3.05) is 44.4 Å². The van der Waals surface area contributed by atoms with Crippen molar-refractivity contribution in [3.05, 3.63) is 65.2 Å². The van der Waals surface area contributed by atoms with E-state index in [1.807, 2.05) is 57.1 Å². The summed E-state index contributed by atoms with van der Waals surface area (Å²) < 4.78 is 54.5. The first-order chi connectivity index (χ1) is 18.4. The number of anilines is 1. The van der Waals surface area contributed by atoms with Crippen LogP contribution >= 0.6 is 0 Å². The van der Waals surface area contributed by atoms with Crippen LogP contribution in [0.15, 0.2) is 42.5 Å². The average Bonchev–Trinajstić information content (AvgIpc) is 2.86. The Balaban J connectivity index is 2.08. The van der Waals surface area contributed by atoms with Crippen LogP contribution < -0.4 is 15.5 Å². The molecule has 2 rings (SSSR count). The summed E-state index contributed by atoms with van der Waals surface area (Å²) >= 11 is 0. The summed E-state index contributed by atoms with van der Waals surface area (Å²) in [7, 11) is 0.252. The third-order valence-electron chi connectivity index (χ3n) is 6.22. The number of amides is 1. The van der Waals surface area contributed by atoms with E-state index in [9.17, 15) is 27.1 Å². The van der Waals surface area contributed by atoms with Crippen molar-refractivity contribution in [3.63, 3.8) is 0 Å². The maximum Gasteiger partial charge on any atom is 0.221 e. The lowest BCUT2D eigenvalue weighted by atomic mass is 10.0. The topological polar surface area (TPSA) is 102 Å². The van der Waals surface area contributed by atoms with Crippen molar-refractivity contribution in [1.29, 1.82) is 0 Å². The molecular formula is C28H42F2N4O4S. The predicted octanol–water partition coefficient (Wildman–Crippen LogP) is 3.05. The average molecular weight is 569 g/mol. The molecule has 3 N–H and O–H groups in total. The molecule has 8 nitrogen and oxygen atoms in total. The van der Waals surface area contributed by atoms with Crippen LogP contribution in [0.25, 0.3) is 0 Å². The van der Waals surface area contributed by atoms with Crippen molar-refractivity contribution in [1.82, 2.24) is 14.9 Å². The van der Waals surface area contributed by atoms with E-state index in [2.05, 4.69) is 10.6 Å². The summed E-state index contributed by atoms with van der Waals surface area (Å²) in [5, 5.41) is 16.8. The number of nitrogens with one attached hydrogen (secondary N) is 2. The zero-order valence-electron chi connectivity index (χ0n) is 23.3. The Kier molecular flexibility index (Phi) is 13.3. The third kappa shape index (κ3) is 11.2. The maximum absolute atomic E-state index is 13.8. The molecule has 0 radical (unpaired) electrons. The van der Waals surface area contributed by atoms with E-state index < -0.39 is 39.7 Å². The van der Waals surface area contributed by atoms with Gasteiger partial charge in [0.1, 0.15) is 11.6 Å². The Labute approximate surface area is 231 Å². The van der Waals surface area contributed by atoms with Gasteiger partial charge in [0, 0.05) is 58.4 Å². The third-order valence-corrected chi connectivity index (χ3v) is 8.10. The first-order valence-corrected chi connectivity index (χ1v) is 14.9. The quantitative estimate of drug-likeness (QED) is 0.271. The molecule has 11 heteroatoms. The number of aliphatic hydroxyl groups excluding tert-OH is 1. The monoisotopic (exact) mass is 568 g/mol. The lowest BCUT2D eigenvalue weighted by molar-refractivity contribution is -0.122. The highest BCUT2D eigenvalue weighted by Gasteiger charge is 2.25. The van der Waals surface area contributed by atoms with Gasteiger partial charge in [-0.2, -0.15) is 0 Å². The molecule has 0 heterocycles. The molecule has 0 aliphatic rings. The highest BCUT2D eigenvalue weighted by molar-refractivity contribution is 7.89. The van der Waals surface area contributed by atoms with Gasteiger partial charge in [-0.15, -0.1) is 0 Å². The molecule has 0 saturated carbocycles. The van der Waals surface area contributed by atoms with Gasteiger partial charge in [-0.25, -0.2) is 21.5 Å². The number of sulfonamides is 1. The van der Waals surface area contributed by atoms with E-state index in [0.717, 1.165) is 29.4 Å². The Morgan fingerprint density at radius 1 is 1.00 bits per heavy atom. The van der Waals surface area contributed by atoms with E-state index in [0.29, 0.717) is 32.5 Å². The first-order valence-electron chi connectivity index (χ1n) is 13.3. The Morgan fingerprint density at radius 3 is 2.23 bits per heavy atom. The molecule has 218 valence electrons. The van der Waals surface area contributed by atoms with Crippen LogP contribution in [-0.2, 0) is 27.8 Å². The SMILES string of the molecule is CCCN(CCC)S(=O)(=O)CCC(=O)NC(Cc1cc(F)cc(F)c1)C(O)CNCc1cccc(N(C)C)c1. The number of hydrogen-bond acceptors (Lipinski definition) is 6. The summed E-state index contributed by atoms with van der Waals surface area (Å²) in [6, 6.07) is 10.0. The molecule has 0 fully saturated rings. The fourth-order valence-corrected chi connectivity index (χ4v) is 5.86. The van der Waals surface area contributed by atoms with E-state index >= 15 is 0 Å². The molecule has 0 saturated heterocycles. The molecule has 2 aromatic rings. The van der Waals surface area contributed by atoms with Crippen molar-refractivity contribution >= 4 is 21.6 Å². The number of aliphatic hydroxyl groups is 1. The van der Waals surface area contributed by atoms with Gasteiger partial charge in [0.05, 0.1) is 17.9 Å². The van der Waals surface area contributed by atoms with Gasteiger partial charge in [0.15, 0.2) is 0 Å². The van der Waals surface area contributed by atoms with Gasteiger partial charge in [-0.3, -0.25) is 4.79 Å². The number of benzene rings is 2. The van der Waals surface area contributed by atoms with Crippen LogP contribution in [0.1, 0.15) is 44.2 Å². The lowest BCUT2D eigenvalue weighted by Crippen LogP contribution is -2.49. The van der Waals surface area contributed by atoms with Crippen molar-refractivity contribution < 1.29 is 27.1 Å². The molecular weight excluding hydrogens is 526 g/mol. The van der Waals surface area contributed by atoms with Gasteiger partial charge in [0.25, 0.3) is 0 Å². The Morgan fingerprint density at radius 2 is 1.64 bits per heavy atom.